The number of ketones is 1. The van der Waals surface area contributed by atoms with Crippen molar-refractivity contribution >= 4 is 33.1 Å². The lowest BCUT2D eigenvalue weighted by Gasteiger charge is -2.30. The van der Waals surface area contributed by atoms with Crippen LogP contribution >= 0.6 is 15.9 Å². The predicted octanol–water partition coefficient (Wildman–Crippen LogP) is 6.45. The second-order valence-corrected chi connectivity index (χ2v) is 9.52. The third kappa shape index (κ3) is 4.36. The number of nitrogens with one attached hydrogen (secondary N) is 2. The van der Waals surface area contributed by atoms with Crippen LogP contribution in [0.5, 0.6) is 17.2 Å². The molecule has 180 valence electrons. The molecule has 0 unspecified atom stereocenters. The highest BCUT2D eigenvalue weighted by molar-refractivity contribution is 9.10. The summed E-state index contributed by atoms with van der Waals surface area (Å²) < 4.78 is 17.4. The lowest BCUT2D eigenvalue weighted by Crippen LogP contribution is -2.27. The van der Waals surface area contributed by atoms with Gasteiger partial charge in [0.25, 0.3) is 0 Å². The van der Waals surface area contributed by atoms with Crippen molar-refractivity contribution in [2.45, 2.75) is 24.8 Å². The Hall–Kier alpha value is -3.45. The summed E-state index contributed by atoms with van der Waals surface area (Å²) in [6.07, 6.45) is 1.15. The minimum atomic E-state index is -0.401. The maximum absolute atomic E-state index is 13.8. The Labute approximate surface area is 213 Å². The molecule has 2 atom stereocenters. The van der Waals surface area contributed by atoms with E-state index in [-0.39, 0.29) is 11.7 Å². The quantitative estimate of drug-likeness (QED) is 0.391. The lowest BCUT2D eigenvalue weighted by atomic mass is 9.78. The smallest absolute Gasteiger partial charge is 0.163 e. The zero-order valence-corrected chi connectivity index (χ0v) is 21.4. The van der Waals surface area contributed by atoms with Crippen molar-refractivity contribution in [2.24, 2.45) is 0 Å². The fraction of sp³-hybridized carbons (Fsp3) is 0.250. The molecule has 2 N–H and O–H groups in total. The van der Waals surface area contributed by atoms with Crippen LogP contribution in [-0.4, -0.2) is 27.1 Å². The van der Waals surface area contributed by atoms with Gasteiger partial charge in [0.1, 0.15) is 17.2 Å². The van der Waals surface area contributed by atoms with Crippen molar-refractivity contribution in [3.8, 4) is 17.2 Å². The molecular formula is C28H27BrN2O4. The summed E-state index contributed by atoms with van der Waals surface area (Å²) in [7, 11) is 4.92. The van der Waals surface area contributed by atoms with Crippen LogP contribution in [0.4, 0.5) is 11.4 Å². The summed E-state index contributed by atoms with van der Waals surface area (Å²) in [5, 5.41) is 7.19. The molecule has 35 heavy (non-hydrogen) atoms. The molecule has 0 aromatic heterocycles. The van der Waals surface area contributed by atoms with Gasteiger partial charge in [-0.05, 0) is 70.2 Å². The maximum atomic E-state index is 13.8. The zero-order valence-electron chi connectivity index (χ0n) is 19.9. The van der Waals surface area contributed by atoms with Crippen LogP contribution < -0.4 is 24.8 Å². The van der Waals surface area contributed by atoms with E-state index >= 15 is 0 Å². The molecule has 2 aliphatic rings. The molecule has 0 bridgehead atoms. The van der Waals surface area contributed by atoms with Crippen molar-refractivity contribution in [2.75, 3.05) is 32.0 Å². The van der Waals surface area contributed by atoms with E-state index in [1.54, 1.807) is 21.3 Å². The number of carbonyl (C=O) groups excluding carboxylic acids is 1. The standard InChI is InChI=1S/C28H27BrN2O4/c1-33-18-10-8-16(9-11-18)17-12-23-27(24(32)13-17)28(31-22-7-5-4-6-21(22)30-23)19-14-26(35-3)20(29)15-25(19)34-2/h4-11,14-15,17,28,30-31H,12-13H2,1-3H3/t17-,28+/m1/s1. The number of methoxy groups -OCH3 is 3. The highest BCUT2D eigenvalue weighted by Gasteiger charge is 2.37. The Kier molecular flexibility index (Phi) is 6.43. The van der Waals surface area contributed by atoms with Crippen molar-refractivity contribution in [1.29, 1.82) is 0 Å². The fourth-order valence-electron chi connectivity index (χ4n) is 4.95. The summed E-state index contributed by atoms with van der Waals surface area (Å²) in [5.74, 6) is 2.33. The van der Waals surface area contributed by atoms with Gasteiger partial charge in [-0.2, -0.15) is 0 Å². The maximum Gasteiger partial charge on any atom is 0.163 e. The molecule has 0 fully saturated rings. The SMILES string of the molecule is COc1ccc([C@H]2CC(=O)C3=C(C2)Nc2ccccc2N[C@H]3c2cc(OC)c(Br)cc2OC)cc1. The molecule has 0 spiro atoms. The van der Waals surface area contributed by atoms with Crippen molar-refractivity contribution in [3.63, 3.8) is 0 Å². The average Bonchev–Trinajstić information content (AvgIpc) is 3.05. The van der Waals surface area contributed by atoms with E-state index in [0.717, 1.165) is 50.4 Å². The van der Waals surface area contributed by atoms with E-state index in [9.17, 15) is 4.79 Å². The van der Waals surface area contributed by atoms with Crippen LogP contribution in [0.1, 0.15) is 35.9 Å². The van der Waals surface area contributed by atoms with Crippen LogP contribution in [0.15, 0.2) is 76.4 Å². The Bertz CT molecular complexity index is 1300. The zero-order chi connectivity index (χ0) is 24.5. The van der Waals surface area contributed by atoms with Gasteiger partial charge in [-0.3, -0.25) is 4.79 Å². The topological polar surface area (TPSA) is 68.8 Å². The summed E-state index contributed by atoms with van der Waals surface area (Å²) in [4.78, 5) is 13.8. The molecule has 1 aliphatic carbocycles. The summed E-state index contributed by atoms with van der Waals surface area (Å²) in [6.45, 7) is 0. The fourth-order valence-corrected chi connectivity index (χ4v) is 5.43. The monoisotopic (exact) mass is 534 g/mol. The van der Waals surface area contributed by atoms with E-state index in [1.165, 1.54) is 0 Å². The average molecular weight is 535 g/mol. The molecule has 6 nitrogen and oxygen atoms in total. The molecule has 0 amide bonds. The number of carbonyl (C=O) groups is 1. The van der Waals surface area contributed by atoms with Gasteiger partial charge in [0.15, 0.2) is 5.78 Å². The van der Waals surface area contributed by atoms with Crippen LogP contribution in [0.25, 0.3) is 0 Å². The number of rotatable bonds is 5. The third-order valence-electron chi connectivity index (χ3n) is 6.71. The first-order valence-electron chi connectivity index (χ1n) is 11.5. The minimum absolute atomic E-state index is 0.0758. The highest BCUT2D eigenvalue weighted by atomic mass is 79.9. The van der Waals surface area contributed by atoms with Crippen LogP contribution in [0.3, 0.4) is 0 Å². The minimum Gasteiger partial charge on any atom is -0.497 e. The van der Waals surface area contributed by atoms with Gasteiger partial charge in [-0.15, -0.1) is 0 Å². The molecule has 3 aromatic carbocycles. The number of hydrogen-bond donors (Lipinski definition) is 2. The number of fused-ring (bicyclic) bond motifs is 1. The Morgan fingerprint density at radius 1 is 0.857 bits per heavy atom. The summed E-state index contributed by atoms with van der Waals surface area (Å²) in [6, 6.07) is 19.4. The number of Topliss-reactive ketones (excluding diaryl/α,β-unsaturated/α-hetero) is 1. The molecular weight excluding hydrogens is 508 g/mol. The largest absolute Gasteiger partial charge is 0.497 e. The van der Waals surface area contributed by atoms with Crippen LogP contribution in [0.2, 0.25) is 0 Å². The Morgan fingerprint density at radius 2 is 1.57 bits per heavy atom. The molecule has 3 aromatic rings. The molecule has 0 saturated carbocycles. The van der Waals surface area contributed by atoms with Gasteiger partial charge >= 0.3 is 0 Å². The molecule has 0 radical (unpaired) electrons. The molecule has 5 rings (SSSR count). The number of anilines is 2. The first kappa shape index (κ1) is 23.3. The van der Waals surface area contributed by atoms with Gasteiger partial charge in [0.05, 0.1) is 43.2 Å². The van der Waals surface area contributed by atoms with Gasteiger partial charge in [0.2, 0.25) is 0 Å². The number of hydrogen-bond acceptors (Lipinski definition) is 6. The van der Waals surface area contributed by atoms with Crippen molar-refractivity contribution in [3.05, 3.63) is 87.5 Å². The van der Waals surface area contributed by atoms with E-state index in [0.29, 0.717) is 17.9 Å². The van der Waals surface area contributed by atoms with E-state index in [2.05, 4.69) is 26.6 Å². The number of allylic oxidation sites excluding steroid dienone is 1. The number of para-hydroxylation sites is 2. The normalized spacial score (nSPS) is 19.0. The number of halogens is 1. The predicted molar refractivity (Wildman–Crippen MR) is 141 cm³/mol. The van der Waals surface area contributed by atoms with Crippen LogP contribution in [0, 0.1) is 0 Å². The van der Waals surface area contributed by atoms with E-state index in [4.69, 9.17) is 14.2 Å². The van der Waals surface area contributed by atoms with Crippen LogP contribution in [-0.2, 0) is 4.79 Å². The molecule has 1 heterocycles. The molecule has 7 heteroatoms. The number of benzene rings is 3. The van der Waals surface area contributed by atoms with Crippen molar-refractivity contribution in [1.82, 2.24) is 0 Å². The van der Waals surface area contributed by atoms with E-state index < -0.39 is 6.04 Å². The Morgan fingerprint density at radius 3 is 2.26 bits per heavy atom. The third-order valence-corrected chi connectivity index (χ3v) is 7.33. The van der Waals surface area contributed by atoms with Gasteiger partial charge in [0, 0.05) is 23.3 Å². The van der Waals surface area contributed by atoms with Crippen molar-refractivity contribution < 1.29 is 19.0 Å². The number of ether oxygens (including phenoxy) is 3. The second-order valence-electron chi connectivity index (χ2n) is 8.67. The molecule has 1 aliphatic heterocycles. The van der Waals surface area contributed by atoms with Gasteiger partial charge < -0.3 is 24.8 Å². The first-order valence-corrected chi connectivity index (χ1v) is 12.3. The summed E-state index contributed by atoms with van der Waals surface area (Å²) >= 11 is 3.55. The van der Waals surface area contributed by atoms with E-state index in [1.807, 2.05) is 60.7 Å². The lowest BCUT2D eigenvalue weighted by molar-refractivity contribution is -0.116. The second kappa shape index (κ2) is 9.66. The highest BCUT2D eigenvalue weighted by Crippen LogP contribution is 2.47. The molecule has 0 saturated heterocycles. The first-order chi connectivity index (χ1) is 17.0. The van der Waals surface area contributed by atoms with Gasteiger partial charge in [-0.1, -0.05) is 24.3 Å². The Balaban J connectivity index is 1.63. The summed E-state index contributed by atoms with van der Waals surface area (Å²) in [5.41, 5.74) is 5.48. The van der Waals surface area contributed by atoms with Gasteiger partial charge in [-0.25, -0.2) is 0 Å².